The number of rotatable bonds is 6. The fraction of sp³-hybridized carbons (Fsp3) is 0.533. The molecule has 0 bridgehead atoms. The van der Waals surface area contributed by atoms with Crippen molar-refractivity contribution in [1.29, 1.82) is 0 Å². The molecule has 3 nitrogen and oxygen atoms in total. The second-order valence-electron chi connectivity index (χ2n) is 4.86. The van der Waals surface area contributed by atoms with Crippen molar-refractivity contribution in [2.75, 3.05) is 6.54 Å². The minimum atomic E-state index is 0.264. The molecule has 0 radical (unpaired) electrons. The molecule has 2 rings (SSSR count). The molecule has 19 heavy (non-hydrogen) atoms. The minimum Gasteiger partial charge on any atom is -0.304 e. The van der Waals surface area contributed by atoms with Crippen LogP contribution in [0.15, 0.2) is 18.2 Å². The molecule has 2 aromatic rings. The number of hydrogen-bond acceptors (Lipinski definition) is 3. The number of nitrogens with one attached hydrogen (secondary N) is 1. The Labute approximate surface area is 119 Å². The highest BCUT2D eigenvalue weighted by Gasteiger charge is 2.19. The number of nitrogens with zero attached hydrogens (tertiary/aromatic N) is 2. The smallest absolute Gasteiger partial charge is 0.0842 e. The van der Waals surface area contributed by atoms with E-state index in [0.717, 1.165) is 25.2 Å². The monoisotopic (exact) mass is 277 g/mol. The second-order valence-corrected chi connectivity index (χ2v) is 6.18. The van der Waals surface area contributed by atoms with Crippen LogP contribution in [0.3, 0.4) is 0 Å². The summed E-state index contributed by atoms with van der Waals surface area (Å²) < 4.78 is 2.11. The van der Waals surface area contributed by atoms with Crippen LogP contribution in [0.25, 0.3) is 0 Å². The van der Waals surface area contributed by atoms with Gasteiger partial charge in [0.25, 0.3) is 0 Å². The van der Waals surface area contributed by atoms with E-state index in [2.05, 4.69) is 61.0 Å². The van der Waals surface area contributed by atoms with E-state index < -0.39 is 0 Å². The first-order valence-corrected chi connectivity index (χ1v) is 7.81. The molecule has 1 N–H and O–H groups in total. The number of hydrogen-bond donors (Lipinski definition) is 1. The van der Waals surface area contributed by atoms with E-state index in [4.69, 9.17) is 0 Å². The third-order valence-electron chi connectivity index (χ3n) is 3.17. The van der Waals surface area contributed by atoms with E-state index in [9.17, 15) is 0 Å². The Bertz CT molecular complexity index is 527. The van der Waals surface area contributed by atoms with Gasteiger partial charge in [-0.25, -0.2) is 0 Å². The minimum absolute atomic E-state index is 0.264. The molecule has 4 heteroatoms. The van der Waals surface area contributed by atoms with Crippen LogP contribution in [-0.2, 0) is 6.54 Å². The Morgan fingerprint density at radius 1 is 1.32 bits per heavy atom. The number of aryl methyl sites for hydroxylation is 3. The van der Waals surface area contributed by atoms with Gasteiger partial charge in [-0.2, -0.15) is 5.10 Å². The predicted octanol–water partition coefficient (Wildman–Crippen LogP) is 3.67. The first kappa shape index (κ1) is 14.3. The lowest BCUT2D eigenvalue weighted by atomic mass is 10.1. The first-order chi connectivity index (χ1) is 9.15. The molecule has 1 unspecified atom stereocenters. The quantitative estimate of drug-likeness (QED) is 0.873. The summed E-state index contributed by atoms with van der Waals surface area (Å²) in [5, 5.41) is 8.22. The van der Waals surface area contributed by atoms with Crippen LogP contribution in [0, 0.1) is 13.8 Å². The molecule has 0 saturated carbocycles. The summed E-state index contributed by atoms with van der Waals surface area (Å²) in [4.78, 5) is 2.73. The van der Waals surface area contributed by atoms with Gasteiger partial charge in [0.1, 0.15) is 0 Å². The highest BCUT2D eigenvalue weighted by Crippen LogP contribution is 2.28. The summed E-state index contributed by atoms with van der Waals surface area (Å²) in [5.74, 6) is 0. The van der Waals surface area contributed by atoms with Gasteiger partial charge in [0.05, 0.1) is 17.4 Å². The zero-order valence-electron chi connectivity index (χ0n) is 12.2. The maximum absolute atomic E-state index is 4.57. The van der Waals surface area contributed by atoms with E-state index in [1.54, 1.807) is 0 Å². The number of thiophene rings is 1. The van der Waals surface area contributed by atoms with Crippen molar-refractivity contribution in [1.82, 2.24) is 15.1 Å². The molecular weight excluding hydrogens is 254 g/mol. The largest absolute Gasteiger partial charge is 0.304 e. The van der Waals surface area contributed by atoms with E-state index in [-0.39, 0.29) is 6.04 Å². The molecule has 1 atom stereocenters. The topological polar surface area (TPSA) is 29.9 Å². The highest BCUT2D eigenvalue weighted by atomic mass is 32.1. The molecule has 0 aromatic carbocycles. The van der Waals surface area contributed by atoms with Crippen molar-refractivity contribution in [3.05, 3.63) is 39.3 Å². The summed E-state index contributed by atoms with van der Waals surface area (Å²) in [6.45, 7) is 10.5. The molecule has 2 aromatic heterocycles. The molecule has 104 valence electrons. The average Bonchev–Trinajstić information content (AvgIpc) is 2.97. The number of aromatic nitrogens is 2. The van der Waals surface area contributed by atoms with Crippen LogP contribution in [0.2, 0.25) is 0 Å². The lowest BCUT2D eigenvalue weighted by Gasteiger charge is -2.18. The normalized spacial score (nSPS) is 12.8. The summed E-state index contributed by atoms with van der Waals surface area (Å²) in [5.41, 5.74) is 2.36. The van der Waals surface area contributed by atoms with Gasteiger partial charge in [-0.05, 0) is 51.9 Å². The molecule has 0 aliphatic heterocycles. The van der Waals surface area contributed by atoms with Crippen LogP contribution in [0.5, 0.6) is 0 Å². The van der Waals surface area contributed by atoms with Crippen molar-refractivity contribution >= 4 is 11.3 Å². The van der Waals surface area contributed by atoms with E-state index >= 15 is 0 Å². The Kier molecular flexibility index (Phi) is 4.77. The summed E-state index contributed by atoms with van der Waals surface area (Å²) in [6.07, 6.45) is 1.14. The summed E-state index contributed by atoms with van der Waals surface area (Å²) >= 11 is 1.87. The van der Waals surface area contributed by atoms with Crippen molar-refractivity contribution < 1.29 is 0 Å². The van der Waals surface area contributed by atoms with E-state index in [1.165, 1.54) is 15.4 Å². The van der Waals surface area contributed by atoms with Gasteiger partial charge in [-0.15, -0.1) is 11.3 Å². The van der Waals surface area contributed by atoms with Gasteiger partial charge < -0.3 is 5.32 Å². The highest BCUT2D eigenvalue weighted by molar-refractivity contribution is 7.12. The van der Waals surface area contributed by atoms with Gasteiger partial charge in [-0.1, -0.05) is 6.92 Å². The van der Waals surface area contributed by atoms with Gasteiger partial charge in [0, 0.05) is 16.3 Å². The van der Waals surface area contributed by atoms with Gasteiger partial charge in [0.2, 0.25) is 0 Å². The van der Waals surface area contributed by atoms with Crippen LogP contribution >= 0.6 is 11.3 Å². The summed E-state index contributed by atoms with van der Waals surface area (Å²) in [7, 11) is 0. The van der Waals surface area contributed by atoms with Crippen molar-refractivity contribution in [2.24, 2.45) is 0 Å². The maximum Gasteiger partial charge on any atom is 0.0842 e. The van der Waals surface area contributed by atoms with Crippen molar-refractivity contribution in [3.8, 4) is 0 Å². The van der Waals surface area contributed by atoms with Crippen LogP contribution < -0.4 is 5.32 Å². The molecule has 0 saturated heterocycles. The maximum atomic E-state index is 4.57. The first-order valence-electron chi connectivity index (χ1n) is 6.99. The molecule has 0 fully saturated rings. The van der Waals surface area contributed by atoms with Gasteiger partial charge in [0.15, 0.2) is 0 Å². The Morgan fingerprint density at radius 2 is 2.11 bits per heavy atom. The van der Waals surface area contributed by atoms with Crippen LogP contribution in [0.1, 0.15) is 47.5 Å². The molecule has 0 aliphatic rings. The standard InChI is InChI=1S/C15H23N3S/c1-5-9-16-15(14-8-7-12(4)19-14)13-10-11(3)17-18(13)6-2/h7-8,10,15-16H,5-6,9H2,1-4H3. The van der Waals surface area contributed by atoms with Gasteiger partial charge in [-0.3, -0.25) is 4.68 Å². The Balaban J connectivity index is 2.36. The van der Waals surface area contributed by atoms with Crippen LogP contribution in [0.4, 0.5) is 0 Å². The zero-order chi connectivity index (χ0) is 13.8. The fourth-order valence-corrected chi connectivity index (χ4v) is 3.27. The van der Waals surface area contributed by atoms with Gasteiger partial charge >= 0.3 is 0 Å². The molecule has 0 spiro atoms. The molecule has 0 aliphatic carbocycles. The molecule has 0 amide bonds. The van der Waals surface area contributed by atoms with Crippen LogP contribution in [-0.4, -0.2) is 16.3 Å². The molecule has 2 heterocycles. The SMILES string of the molecule is CCCNC(c1ccc(C)s1)c1cc(C)nn1CC. The third kappa shape index (κ3) is 3.25. The molecular formula is C15H23N3S. The Morgan fingerprint density at radius 3 is 2.68 bits per heavy atom. The van der Waals surface area contributed by atoms with E-state index in [0.29, 0.717) is 0 Å². The fourth-order valence-electron chi connectivity index (χ4n) is 2.30. The predicted molar refractivity (Wildman–Crippen MR) is 81.8 cm³/mol. The third-order valence-corrected chi connectivity index (χ3v) is 4.24. The van der Waals surface area contributed by atoms with E-state index in [1.807, 2.05) is 11.3 Å². The van der Waals surface area contributed by atoms with Crippen molar-refractivity contribution in [3.63, 3.8) is 0 Å². The summed E-state index contributed by atoms with van der Waals surface area (Å²) in [6, 6.07) is 6.89. The average molecular weight is 277 g/mol. The van der Waals surface area contributed by atoms with Crippen molar-refractivity contribution in [2.45, 2.75) is 46.7 Å². The zero-order valence-corrected chi connectivity index (χ0v) is 13.0. The second kappa shape index (κ2) is 6.35. The lowest BCUT2D eigenvalue weighted by Crippen LogP contribution is -2.25. The Hall–Kier alpha value is -1.13. The lowest BCUT2D eigenvalue weighted by molar-refractivity contribution is 0.533.